The molecule has 1 unspecified atom stereocenters. The number of aromatic nitrogens is 3. The van der Waals surface area contributed by atoms with Crippen molar-refractivity contribution in [3.63, 3.8) is 0 Å². The number of thioether (sulfide) groups is 1. The van der Waals surface area contributed by atoms with Crippen molar-refractivity contribution >= 4 is 17.7 Å². The number of carbonyl (C=O) groups excluding carboxylic acids is 1. The van der Waals surface area contributed by atoms with Crippen LogP contribution in [0, 0.1) is 26.7 Å². The monoisotopic (exact) mass is 438 g/mol. The molecule has 7 heteroatoms. The molecule has 1 N–H and O–H groups in total. The van der Waals surface area contributed by atoms with Gasteiger partial charge in [-0.05, 0) is 61.6 Å². The van der Waals surface area contributed by atoms with Crippen molar-refractivity contribution in [2.45, 2.75) is 45.8 Å². The quantitative estimate of drug-likeness (QED) is 0.511. The molecular formula is C24H30N4O2S. The van der Waals surface area contributed by atoms with Crippen molar-refractivity contribution in [3.05, 3.63) is 65.0 Å². The first kappa shape index (κ1) is 22.9. The lowest BCUT2D eigenvalue weighted by Crippen LogP contribution is -2.33. The number of carbonyl (C=O) groups is 1. The van der Waals surface area contributed by atoms with Crippen LogP contribution in [0.25, 0.3) is 5.69 Å². The zero-order valence-electron chi connectivity index (χ0n) is 19.0. The van der Waals surface area contributed by atoms with Crippen molar-refractivity contribution in [1.29, 1.82) is 0 Å². The predicted octanol–water partition coefficient (Wildman–Crippen LogP) is 4.81. The summed E-state index contributed by atoms with van der Waals surface area (Å²) in [5.74, 6) is 2.09. The predicted molar refractivity (Wildman–Crippen MR) is 125 cm³/mol. The lowest BCUT2D eigenvalue weighted by molar-refractivity contribution is -0.119. The lowest BCUT2D eigenvalue weighted by atomic mass is 9.96. The molecule has 31 heavy (non-hydrogen) atoms. The van der Waals surface area contributed by atoms with Crippen LogP contribution in [-0.4, -0.2) is 33.5 Å². The molecule has 6 nitrogen and oxygen atoms in total. The van der Waals surface area contributed by atoms with E-state index in [-0.39, 0.29) is 23.6 Å². The van der Waals surface area contributed by atoms with Crippen LogP contribution in [0.15, 0.2) is 47.6 Å². The summed E-state index contributed by atoms with van der Waals surface area (Å²) in [5.41, 5.74) is 4.41. The van der Waals surface area contributed by atoms with Crippen molar-refractivity contribution in [2.75, 3.05) is 12.9 Å². The van der Waals surface area contributed by atoms with Gasteiger partial charge in [-0.3, -0.25) is 9.36 Å². The summed E-state index contributed by atoms with van der Waals surface area (Å²) in [6.07, 6.45) is 0. The van der Waals surface area contributed by atoms with E-state index in [1.807, 2.05) is 35.8 Å². The molecular weight excluding hydrogens is 408 g/mol. The summed E-state index contributed by atoms with van der Waals surface area (Å²) in [6.45, 7) is 10.3. The van der Waals surface area contributed by atoms with Gasteiger partial charge in [0.1, 0.15) is 11.6 Å². The van der Waals surface area contributed by atoms with Crippen LogP contribution in [0.2, 0.25) is 0 Å². The van der Waals surface area contributed by atoms with Gasteiger partial charge in [-0.25, -0.2) is 0 Å². The van der Waals surface area contributed by atoms with E-state index in [4.69, 9.17) is 4.74 Å². The van der Waals surface area contributed by atoms with Gasteiger partial charge in [-0.1, -0.05) is 49.9 Å². The second kappa shape index (κ2) is 10.0. The van der Waals surface area contributed by atoms with Crippen molar-refractivity contribution in [1.82, 2.24) is 20.1 Å². The van der Waals surface area contributed by atoms with E-state index >= 15 is 0 Å². The topological polar surface area (TPSA) is 69.0 Å². The maximum absolute atomic E-state index is 12.8. The SMILES string of the molecule is COc1ccc(C(NC(=O)CSc2nnc(C)n2-c2cc(C)ccc2C)C(C)C)cc1. The van der Waals surface area contributed by atoms with Crippen LogP contribution < -0.4 is 10.1 Å². The zero-order valence-corrected chi connectivity index (χ0v) is 19.8. The molecule has 0 bridgehead atoms. The third-order valence-electron chi connectivity index (χ3n) is 5.19. The molecule has 1 atom stereocenters. The van der Waals surface area contributed by atoms with Crippen molar-refractivity contribution in [2.24, 2.45) is 5.92 Å². The highest BCUT2D eigenvalue weighted by Gasteiger charge is 2.20. The summed E-state index contributed by atoms with van der Waals surface area (Å²) in [6, 6.07) is 14.1. The molecule has 0 saturated carbocycles. The van der Waals surface area contributed by atoms with Crippen LogP contribution in [-0.2, 0) is 4.79 Å². The van der Waals surface area contributed by atoms with Gasteiger partial charge in [0.15, 0.2) is 5.16 Å². The summed E-state index contributed by atoms with van der Waals surface area (Å²) >= 11 is 1.40. The number of nitrogens with zero attached hydrogens (tertiary/aromatic N) is 3. The number of aryl methyl sites for hydroxylation is 3. The number of methoxy groups -OCH3 is 1. The lowest BCUT2D eigenvalue weighted by Gasteiger charge is -2.23. The van der Waals surface area contributed by atoms with E-state index in [1.165, 1.54) is 17.3 Å². The molecule has 0 saturated heterocycles. The number of ether oxygens (including phenoxy) is 1. The van der Waals surface area contributed by atoms with Crippen LogP contribution in [0.1, 0.15) is 42.4 Å². The Morgan fingerprint density at radius 2 is 1.81 bits per heavy atom. The number of hydrogen-bond donors (Lipinski definition) is 1. The molecule has 1 heterocycles. The van der Waals surface area contributed by atoms with Gasteiger partial charge in [0.2, 0.25) is 5.91 Å². The van der Waals surface area contributed by atoms with Crippen molar-refractivity contribution in [3.8, 4) is 11.4 Å². The molecule has 164 valence electrons. The van der Waals surface area contributed by atoms with Gasteiger partial charge in [-0.2, -0.15) is 0 Å². The van der Waals surface area contributed by atoms with Gasteiger partial charge in [0, 0.05) is 0 Å². The maximum atomic E-state index is 12.8. The smallest absolute Gasteiger partial charge is 0.230 e. The van der Waals surface area contributed by atoms with E-state index in [1.54, 1.807) is 7.11 Å². The van der Waals surface area contributed by atoms with E-state index < -0.39 is 0 Å². The highest BCUT2D eigenvalue weighted by molar-refractivity contribution is 7.99. The Labute approximate surface area is 188 Å². The Kier molecular flexibility index (Phi) is 7.38. The number of benzene rings is 2. The van der Waals surface area contributed by atoms with Crippen LogP contribution in [0.4, 0.5) is 0 Å². The normalized spacial score (nSPS) is 12.1. The number of nitrogens with one attached hydrogen (secondary N) is 1. The molecule has 0 aliphatic carbocycles. The minimum Gasteiger partial charge on any atom is -0.497 e. The molecule has 0 spiro atoms. The molecule has 1 amide bonds. The summed E-state index contributed by atoms with van der Waals surface area (Å²) in [4.78, 5) is 12.8. The summed E-state index contributed by atoms with van der Waals surface area (Å²) in [5, 5.41) is 12.4. The molecule has 2 aromatic carbocycles. The van der Waals surface area contributed by atoms with Gasteiger partial charge in [0.25, 0.3) is 0 Å². The second-order valence-electron chi connectivity index (χ2n) is 8.01. The van der Waals surface area contributed by atoms with Gasteiger partial charge in [0.05, 0.1) is 24.6 Å². The Morgan fingerprint density at radius 1 is 1.10 bits per heavy atom. The van der Waals surface area contributed by atoms with Gasteiger partial charge < -0.3 is 10.1 Å². The van der Waals surface area contributed by atoms with E-state index in [0.717, 1.165) is 28.4 Å². The van der Waals surface area contributed by atoms with Crippen LogP contribution in [0.3, 0.4) is 0 Å². The standard InChI is InChI=1S/C24H30N4O2S/c1-15(2)23(19-9-11-20(30-6)12-10-19)25-22(29)14-31-24-27-26-18(5)28(24)21-13-16(3)7-8-17(21)4/h7-13,15,23H,14H2,1-6H3,(H,25,29). The Hall–Kier alpha value is -2.80. The van der Waals surface area contributed by atoms with E-state index in [0.29, 0.717) is 5.16 Å². The minimum atomic E-state index is -0.0716. The summed E-state index contributed by atoms with van der Waals surface area (Å²) < 4.78 is 7.26. The fraction of sp³-hybridized carbons (Fsp3) is 0.375. The fourth-order valence-corrected chi connectivity index (χ4v) is 4.27. The highest BCUT2D eigenvalue weighted by Crippen LogP contribution is 2.27. The Balaban J connectivity index is 1.72. The van der Waals surface area contributed by atoms with Crippen LogP contribution >= 0.6 is 11.8 Å². The van der Waals surface area contributed by atoms with Gasteiger partial charge in [-0.15, -0.1) is 10.2 Å². The van der Waals surface area contributed by atoms with Crippen molar-refractivity contribution < 1.29 is 9.53 Å². The number of rotatable bonds is 8. The molecule has 3 aromatic rings. The van der Waals surface area contributed by atoms with Crippen LogP contribution in [0.5, 0.6) is 5.75 Å². The summed E-state index contributed by atoms with van der Waals surface area (Å²) in [7, 11) is 1.65. The molecule has 1 aromatic heterocycles. The first-order chi connectivity index (χ1) is 14.8. The first-order valence-corrected chi connectivity index (χ1v) is 11.3. The third kappa shape index (κ3) is 5.47. The molecule has 0 aliphatic heterocycles. The average Bonchev–Trinajstić information content (AvgIpc) is 3.12. The second-order valence-corrected chi connectivity index (χ2v) is 8.95. The first-order valence-electron chi connectivity index (χ1n) is 10.4. The van der Waals surface area contributed by atoms with E-state index in [9.17, 15) is 4.79 Å². The number of hydrogen-bond acceptors (Lipinski definition) is 5. The Morgan fingerprint density at radius 3 is 2.45 bits per heavy atom. The fourth-order valence-electron chi connectivity index (χ4n) is 3.47. The van der Waals surface area contributed by atoms with Gasteiger partial charge >= 0.3 is 0 Å². The molecule has 0 fully saturated rings. The maximum Gasteiger partial charge on any atom is 0.230 e. The average molecular weight is 439 g/mol. The Bertz CT molecular complexity index is 1040. The number of amides is 1. The minimum absolute atomic E-state index is 0.0346. The molecule has 0 radical (unpaired) electrons. The third-order valence-corrected chi connectivity index (χ3v) is 6.12. The molecule has 0 aliphatic rings. The zero-order chi connectivity index (χ0) is 22.5. The largest absolute Gasteiger partial charge is 0.497 e. The highest BCUT2D eigenvalue weighted by atomic mass is 32.2. The van der Waals surface area contributed by atoms with E-state index in [2.05, 4.69) is 61.4 Å². The molecule has 3 rings (SSSR count).